The lowest BCUT2D eigenvalue weighted by Crippen LogP contribution is -2.23. The lowest BCUT2D eigenvalue weighted by molar-refractivity contribution is -0.108. The van der Waals surface area contributed by atoms with E-state index in [1.165, 1.54) is 0 Å². The molecule has 26 heavy (non-hydrogen) atoms. The second kappa shape index (κ2) is 7.45. The smallest absolute Gasteiger partial charge is 0.223 e. The molecule has 0 radical (unpaired) electrons. The number of aromatic nitrogens is 3. The number of anilines is 2. The molecule has 0 amide bonds. The molecule has 0 unspecified atom stereocenters. The molecule has 1 aliphatic rings. The Morgan fingerprint density at radius 3 is 2.88 bits per heavy atom. The number of nitrogen functional groups attached to an aromatic ring is 1. The minimum Gasteiger partial charge on any atom is -0.496 e. The van der Waals surface area contributed by atoms with Crippen LogP contribution in [0, 0.1) is 13.8 Å². The number of aldehydes is 1. The zero-order valence-corrected chi connectivity index (χ0v) is 15.9. The number of carbonyl (C=O) groups is 1. The molecule has 0 bridgehead atoms. The molecule has 8 heteroatoms. The van der Waals surface area contributed by atoms with Crippen molar-refractivity contribution < 1.29 is 9.53 Å². The molecule has 1 aliphatic heterocycles. The summed E-state index contributed by atoms with van der Waals surface area (Å²) in [7, 11) is 1.66. The molecule has 3 rings (SSSR count). The van der Waals surface area contributed by atoms with Gasteiger partial charge in [-0.3, -0.25) is 4.98 Å². The van der Waals surface area contributed by atoms with Gasteiger partial charge < -0.3 is 20.2 Å². The zero-order chi connectivity index (χ0) is 18.8. The quantitative estimate of drug-likeness (QED) is 0.612. The van der Waals surface area contributed by atoms with Crippen molar-refractivity contribution >= 4 is 29.7 Å². The van der Waals surface area contributed by atoms with E-state index in [1.54, 1.807) is 7.11 Å². The number of halogens is 1. The number of carbonyl (C=O) groups excluding carboxylic acids is 1. The van der Waals surface area contributed by atoms with Gasteiger partial charge >= 0.3 is 0 Å². The Labute approximate surface area is 157 Å². The van der Waals surface area contributed by atoms with Gasteiger partial charge in [0.05, 0.1) is 19.3 Å². The van der Waals surface area contributed by atoms with Gasteiger partial charge in [0.1, 0.15) is 23.0 Å². The van der Waals surface area contributed by atoms with Gasteiger partial charge in [-0.05, 0) is 20.3 Å². The predicted octanol–water partition coefficient (Wildman–Crippen LogP) is 2.82. The third-order valence-electron chi connectivity index (χ3n) is 4.77. The van der Waals surface area contributed by atoms with E-state index in [0.29, 0.717) is 31.1 Å². The summed E-state index contributed by atoms with van der Waals surface area (Å²) in [6, 6.07) is 0. The van der Waals surface area contributed by atoms with Gasteiger partial charge in [0.2, 0.25) is 5.95 Å². The van der Waals surface area contributed by atoms with Crippen LogP contribution in [0.15, 0.2) is 6.20 Å². The van der Waals surface area contributed by atoms with Gasteiger partial charge in [-0.2, -0.15) is 4.98 Å². The fourth-order valence-corrected chi connectivity index (χ4v) is 3.86. The van der Waals surface area contributed by atoms with E-state index in [0.717, 1.165) is 40.2 Å². The molecular formula is C18H22ClN5O2. The van der Waals surface area contributed by atoms with Gasteiger partial charge in [0.25, 0.3) is 0 Å². The van der Waals surface area contributed by atoms with Crippen molar-refractivity contribution in [1.29, 1.82) is 0 Å². The minimum absolute atomic E-state index is 0.0935. The number of ether oxygens (including phenoxy) is 1. The molecular weight excluding hydrogens is 354 g/mol. The Bertz CT molecular complexity index is 843. The summed E-state index contributed by atoms with van der Waals surface area (Å²) < 4.78 is 5.50. The maximum absolute atomic E-state index is 10.8. The maximum Gasteiger partial charge on any atom is 0.223 e. The standard InChI is InChI=1S/C18H22ClN5O2/c1-10-7-21-13(11(2)15(10)26-3)9-24-8-12(5-4-6-25)14-16(19)22-18(20)23-17(14)24/h6-7,12H,4-5,8-9H2,1-3H3,(H2,20,22,23)/t12-/m0/s1. The number of methoxy groups -OCH3 is 1. The highest BCUT2D eigenvalue weighted by Crippen LogP contribution is 2.42. The lowest BCUT2D eigenvalue weighted by Gasteiger charge is -2.21. The molecule has 0 saturated carbocycles. The van der Waals surface area contributed by atoms with Crippen LogP contribution in [0.3, 0.4) is 0 Å². The monoisotopic (exact) mass is 375 g/mol. The van der Waals surface area contributed by atoms with Crippen LogP contribution in [0.1, 0.15) is 41.1 Å². The summed E-state index contributed by atoms with van der Waals surface area (Å²) >= 11 is 6.33. The summed E-state index contributed by atoms with van der Waals surface area (Å²) in [5.74, 6) is 1.79. The van der Waals surface area contributed by atoms with Crippen LogP contribution in [0.2, 0.25) is 5.15 Å². The highest BCUT2D eigenvalue weighted by molar-refractivity contribution is 6.30. The molecule has 0 spiro atoms. The van der Waals surface area contributed by atoms with Crippen molar-refractivity contribution in [3.63, 3.8) is 0 Å². The molecule has 0 saturated heterocycles. The molecule has 2 N–H and O–H groups in total. The van der Waals surface area contributed by atoms with E-state index in [9.17, 15) is 4.79 Å². The summed E-state index contributed by atoms with van der Waals surface area (Å²) in [5.41, 5.74) is 9.56. The minimum atomic E-state index is 0.0935. The Hall–Kier alpha value is -2.41. The first kappa shape index (κ1) is 18.4. The molecule has 0 aromatic carbocycles. The van der Waals surface area contributed by atoms with E-state index < -0.39 is 0 Å². The molecule has 2 aromatic rings. The largest absolute Gasteiger partial charge is 0.496 e. The SMILES string of the molecule is COc1c(C)cnc(CN2C[C@H](CCC=O)c3c(Cl)nc(N)nc32)c1C. The number of hydrogen-bond acceptors (Lipinski definition) is 7. The van der Waals surface area contributed by atoms with Crippen LogP contribution in [0.25, 0.3) is 0 Å². The van der Waals surface area contributed by atoms with Crippen molar-refractivity contribution in [3.05, 3.63) is 33.7 Å². The number of hydrogen-bond donors (Lipinski definition) is 1. The van der Waals surface area contributed by atoms with Crippen LogP contribution < -0.4 is 15.4 Å². The van der Waals surface area contributed by atoms with Crippen LogP contribution in [-0.2, 0) is 11.3 Å². The Balaban J connectivity index is 1.96. The molecule has 0 aliphatic carbocycles. The summed E-state index contributed by atoms with van der Waals surface area (Å²) in [6.45, 7) is 5.21. The van der Waals surface area contributed by atoms with Gasteiger partial charge in [0.15, 0.2) is 0 Å². The van der Waals surface area contributed by atoms with Crippen LogP contribution in [0.5, 0.6) is 5.75 Å². The number of rotatable bonds is 6. The average molecular weight is 376 g/mol. The summed E-state index contributed by atoms with van der Waals surface area (Å²) in [4.78, 5) is 26.0. The van der Waals surface area contributed by atoms with Crippen molar-refractivity contribution in [2.75, 3.05) is 24.3 Å². The van der Waals surface area contributed by atoms with Gasteiger partial charge in [-0.1, -0.05) is 11.6 Å². The normalized spacial score (nSPS) is 15.8. The Morgan fingerprint density at radius 2 is 2.19 bits per heavy atom. The van der Waals surface area contributed by atoms with Crippen molar-refractivity contribution in [3.8, 4) is 5.75 Å². The first-order valence-corrected chi connectivity index (χ1v) is 8.84. The average Bonchev–Trinajstić information content (AvgIpc) is 2.93. The summed E-state index contributed by atoms with van der Waals surface area (Å²) in [6.07, 6.45) is 3.90. The highest BCUT2D eigenvalue weighted by Gasteiger charge is 2.33. The number of nitrogens with two attached hydrogens (primary N) is 1. The van der Waals surface area contributed by atoms with Crippen molar-refractivity contribution in [2.45, 2.75) is 39.2 Å². The summed E-state index contributed by atoms with van der Waals surface area (Å²) in [5, 5.41) is 0.358. The van der Waals surface area contributed by atoms with E-state index >= 15 is 0 Å². The van der Waals surface area contributed by atoms with E-state index in [2.05, 4.69) is 19.9 Å². The molecule has 3 heterocycles. The fourth-order valence-electron chi connectivity index (χ4n) is 3.54. The van der Waals surface area contributed by atoms with Crippen molar-refractivity contribution in [1.82, 2.24) is 15.0 Å². The van der Waals surface area contributed by atoms with E-state index in [4.69, 9.17) is 22.1 Å². The molecule has 1 atom stereocenters. The zero-order valence-electron chi connectivity index (χ0n) is 15.1. The van der Waals surface area contributed by atoms with Gasteiger partial charge in [0, 0.05) is 41.8 Å². The Kier molecular flexibility index (Phi) is 5.27. The second-order valence-corrected chi connectivity index (χ2v) is 6.84. The number of pyridine rings is 1. The lowest BCUT2D eigenvalue weighted by atomic mass is 9.99. The maximum atomic E-state index is 10.8. The third kappa shape index (κ3) is 3.31. The topological polar surface area (TPSA) is 94.2 Å². The van der Waals surface area contributed by atoms with E-state index in [1.807, 2.05) is 20.0 Å². The van der Waals surface area contributed by atoms with E-state index in [-0.39, 0.29) is 11.9 Å². The van der Waals surface area contributed by atoms with Crippen LogP contribution in [0.4, 0.5) is 11.8 Å². The van der Waals surface area contributed by atoms with Gasteiger partial charge in [-0.25, -0.2) is 4.98 Å². The predicted molar refractivity (Wildman–Crippen MR) is 101 cm³/mol. The molecule has 2 aromatic heterocycles. The number of fused-ring (bicyclic) bond motifs is 1. The Morgan fingerprint density at radius 1 is 1.42 bits per heavy atom. The third-order valence-corrected chi connectivity index (χ3v) is 5.06. The fraction of sp³-hybridized carbons (Fsp3) is 0.444. The first-order valence-electron chi connectivity index (χ1n) is 8.46. The highest BCUT2D eigenvalue weighted by atomic mass is 35.5. The van der Waals surface area contributed by atoms with Gasteiger partial charge in [-0.15, -0.1) is 0 Å². The number of aryl methyl sites for hydroxylation is 1. The molecule has 0 fully saturated rings. The van der Waals surface area contributed by atoms with Crippen LogP contribution >= 0.6 is 11.6 Å². The van der Waals surface area contributed by atoms with Crippen LogP contribution in [-0.4, -0.2) is 34.9 Å². The first-order chi connectivity index (χ1) is 12.5. The van der Waals surface area contributed by atoms with Crippen molar-refractivity contribution in [2.24, 2.45) is 0 Å². The number of nitrogens with zero attached hydrogens (tertiary/aromatic N) is 4. The second-order valence-electron chi connectivity index (χ2n) is 6.48. The molecule has 138 valence electrons. The molecule has 7 nitrogen and oxygen atoms in total.